The van der Waals surface area contributed by atoms with Crippen molar-refractivity contribution in [2.24, 2.45) is 0 Å². The molecule has 2 aromatic rings. The van der Waals surface area contributed by atoms with E-state index in [0.29, 0.717) is 5.06 Å². The van der Waals surface area contributed by atoms with Gasteiger partial charge in [-0.05, 0) is 35.9 Å². The summed E-state index contributed by atoms with van der Waals surface area (Å²) in [6, 6.07) is 11.3. The topological polar surface area (TPSA) is 93.1 Å². The van der Waals surface area contributed by atoms with Crippen molar-refractivity contribution in [1.82, 2.24) is 0 Å². The number of hydrogen-bond acceptors (Lipinski definition) is 6. The molecule has 7 nitrogen and oxygen atoms in total. The molecule has 0 aromatic heterocycles. The first-order chi connectivity index (χ1) is 13.0. The van der Waals surface area contributed by atoms with Crippen molar-refractivity contribution in [3.05, 3.63) is 60.2 Å². The molecule has 0 heterocycles. The Balaban J connectivity index is 2.20. The Bertz CT molecular complexity index is 974. The van der Waals surface area contributed by atoms with Crippen LogP contribution < -0.4 is 14.0 Å². The van der Waals surface area contributed by atoms with Gasteiger partial charge in [-0.2, -0.15) is 26.7 Å². The zero-order valence-corrected chi connectivity index (χ0v) is 15.1. The van der Waals surface area contributed by atoms with E-state index in [1.54, 1.807) is 18.2 Å². The molecule has 28 heavy (non-hydrogen) atoms. The number of nitrogens with zero attached hydrogens (tertiary/aromatic N) is 1. The van der Waals surface area contributed by atoms with Gasteiger partial charge in [0.15, 0.2) is 11.5 Å². The molecule has 11 heteroatoms. The molecule has 0 aliphatic rings. The van der Waals surface area contributed by atoms with Crippen LogP contribution in [0.15, 0.2) is 54.6 Å². The van der Waals surface area contributed by atoms with Gasteiger partial charge >= 0.3 is 15.6 Å². The minimum atomic E-state index is -5.86. The number of amides is 1. The first-order valence-electron chi connectivity index (χ1n) is 7.50. The van der Waals surface area contributed by atoms with Crippen LogP contribution in [0.4, 0.5) is 18.9 Å². The Hall–Kier alpha value is -3.05. The first-order valence-corrected chi connectivity index (χ1v) is 8.91. The number of hydroxylamine groups is 1. The summed E-state index contributed by atoms with van der Waals surface area (Å²) in [7, 11) is -4.75. The van der Waals surface area contributed by atoms with Crippen LogP contribution in [0.5, 0.6) is 11.5 Å². The van der Waals surface area contributed by atoms with Crippen molar-refractivity contribution < 1.29 is 40.5 Å². The number of anilines is 1. The molecule has 0 aliphatic carbocycles. The number of alkyl halides is 3. The van der Waals surface area contributed by atoms with Gasteiger partial charge in [-0.3, -0.25) is 10.0 Å². The van der Waals surface area contributed by atoms with Gasteiger partial charge in [0.1, 0.15) is 0 Å². The molecule has 1 N–H and O–H groups in total. The highest BCUT2D eigenvalue weighted by Crippen LogP contribution is 2.33. The second kappa shape index (κ2) is 8.31. The minimum Gasteiger partial charge on any atom is -0.493 e. The highest BCUT2D eigenvalue weighted by atomic mass is 32.2. The van der Waals surface area contributed by atoms with E-state index in [1.165, 1.54) is 24.3 Å². The molecule has 2 aromatic carbocycles. The monoisotopic (exact) mass is 417 g/mol. The van der Waals surface area contributed by atoms with Crippen LogP contribution >= 0.6 is 0 Å². The number of rotatable bonds is 6. The summed E-state index contributed by atoms with van der Waals surface area (Å²) in [4.78, 5) is 12.0. The summed E-state index contributed by atoms with van der Waals surface area (Å²) in [6.07, 6.45) is 2.26. The number of methoxy groups -OCH3 is 1. The molecule has 0 atom stereocenters. The molecule has 0 spiro atoms. The molecule has 0 bridgehead atoms. The molecule has 0 fully saturated rings. The van der Waals surface area contributed by atoms with Gasteiger partial charge in [0.05, 0.1) is 12.8 Å². The minimum absolute atomic E-state index is 0.232. The van der Waals surface area contributed by atoms with Gasteiger partial charge in [0, 0.05) is 6.08 Å². The lowest BCUT2D eigenvalue weighted by molar-refractivity contribution is -0.118. The average molecular weight is 417 g/mol. The zero-order valence-electron chi connectivity index (χ0n) is 14.3. The number of benzene rings is 2. The van der Waals surface area contributed by atoms with Crippen LogP contribution in [0, 0.1) is 0 Å². The van der Waals surface area contributed by atoms with E-state index in [0.717, 1.165) is 25.3 Å². The van der Waals surface area contributed by atoms with E-state index in [4.69, 9.17) is 4.74 Å². The standard InChI is InChI=1S/C17H14F3NO6S/c1-26-15-11-12(7-9-14(15)27-28(24,25)17(18,19)20)8-10-16(22)21(23)13-5-3-2-4-6-13/h2-11,23H,1H3. The number of para-hydroxylation sites is 1. The quantitative estimate of drug-likeness (QED) is 0.255. The Morgan fingerprint density at radius 2 is 1.75 bits per heavy atom. The van der Waals surface area contributed by atoms with Crippen LogP contribution in [0.25, 0.3) is 6.08 Å². The van der Waals surface area contributed by atoms with Gasteiger partial charge in [0.25, 0.3) is 5.91 Å². The average Bonchev–Trinajstić information content (AvgIpc) is 2.65. The van der Waals surface area contributed by atoms with E-state index < -0.39 is 27.3 Å². The summed E-state index contributed by atoms with van der Waals surface area (Å²) in [5, 5.41) is 10.2. The van der Waals surface area contributed by atoms with E-state index in [9.17, 15) is 31.6 Å². The fourth-order valence-electron chi connectivity index (χ4n) is 1.96. The third-order valence-electron chi connectivity index (χ3n) is 3.30. The van der Waals surface area contributed by atoms with Crippen molar-refractivity contribution in [2.75, 3.05) is 12.2 Å². The Labute approximate surface area is 158 Å². The van der Waals surface area contributed by atoms with E-state index >= 15 is 0 Å². The first kappa shape index (κ1) is 21.3. The smallest absolute Gasteiger partial charge is 0.493 e. The molecule has 0 saturated carbocycles. The maximum absolute atomic E-state index is 12.4. The third-order valence-corrected chi connectivity index (χ3v) is 4.26. The van der Waals surface area contributed by atoms with Crippen molar-refractivity contribution >= 4 is 27.8 Å². The lowest BCUT2D eigenvalue weighted by Gasteiger charge is -2.13. The maximum atomic E-state index is 12.4. The fourth-order valence-corrected chi connectivity index (χ4v) is 2.43. The molecular weight excluding hydrogens is 403 g/mol. The third kappa shape index (κ3) is 5.02. The number of carbonyl (C=O) groups excluding carboxylic acids is 1. The van der Waals surface area contributed by atoms with E-state index in [2.05, 4.69) is 4.18 Å². The zero-order chi connectivity index (χ0) is 20.9. The summed E-state index contributed by atoms with van der Waals surface area (Å²) < 4.78 is 68.4. The molecule has 0 radical (unpaired) electrons. The maximum Gasteiger partial charge on any atom is 0.534 e. The highest BCUT2D eigenvalue weighted by molar-refractivity contribution is 7.88. The SMILES string of the molecule is COc1cc(C=CC(=O)N(O)c2ccccc2)ccc1OS(=O)(=O)C(F)(F)F. The number of carbonyl (C=O) groups is 1. The fraction of sp³-hybridized carbons (Fsp3) is 0.118. The van der Waals surface area contributed by atoms with Crippen LogP contribution in [0.1, 0.15) is 5.56 Å². The summed E-state index contributed by atoms with van der Waals surface area (Å²) in [6.45, 7) is 0. The molecule has 0 unspecified atom stereocenters. The van der Waals surface area contributed by atoms with Crippen LogP contribution in [-0.4, -0.2) is 32.2 Å². The van der Waals surface area contributed by atoms with Crippen LogP contribution in [0.2, 0.25) is 0 Å². The molecule has 0 saturated heterocycles. The summed E-state index contributed by atoms with van der Waals surface area (Å²) >= 11 is 0. The normalized spacial score (nSPS) is 12.0. The van der Waals surface area contributed by atoms with Crippen molar-refractivity contribution in [1.29, 1.82) is 0 Å². The Kier molecular flexibility index (Phi) is 6.31. The molecule has 2 rings (SSSR count). The van der Waals surface area contributed by atoms with Gasteiger partial charge in [-0.25, -0.2) is 0 Å². The largest absolute Gasteiger partial charge is 0.534 e. The predicted molar refractivity (Wildman–Crippen MR) is 93.3 cm³/mol. The second-order valence-electron chi connectivity index (χ2n) is 5.21. The highest BCUT2D eigenvalue weighted by Gasteiger charge is 2.48. The number of ether oxygens (including phenoxy) is 1. The summed E-state index contributed by atoms with van der Waals surface area (Å²) in [5.41, 5.74) is -5.08. The van der Waals surface area contributed by atoms with Crippen molar-refractivity contribution in [3.8, 4) is 11.5 Å². The summed E-state index contributed by atoms with van der Waals surface area (Å²) in [5.74, 6) is -1.76. The molecular formula is C17H14F3NO6S. The lowest BCUT2D eigenvalue weighted by Crippen LogP contribution is -2.28. The Morgan fingerprint density at radius 1 is 1.11 bits per heavy atom. The van der Waals surface area contributed by atoms with Gasteiger partial charge in [0.2, 0.25) is 0 Å². The van der Waals surface area contributed by atoms with E-state index in [-0.39, 0.29) is 17.0 Å². The number of halogens is 3. The van der Waals surface area contributed by atoms with Crippen molar-refractivity contribution in [2.45, 2.75) is 5.51 Å². The molecule has 1 amide bonds. The molecule has 150 valence electrons. The predicted octanol–water partition coefficient (Wildman–Crippen LogP) is 3.36. The van der Waals surface area contributed by atoms with Crippen LogP contribution in [0.3, 0.4) is 0 Å². The van der Waals surface area contributed by atoms with Crippen LogP contribution in [-0.2, 0) is 14.9 Å². The Morgan fingerprint density at radius 3 is 2.32 bits per heavy atom. The molecule has 0 aliphatic heterocycles. The van der Waals surface area contributed by atoms with Gasteiger partial charge in [-0.15, -0.1) is 0 Å². The van der Waals surface area contributed by atoms with E-state index in [1.807, 2.05) is 0 Å². The van der Waals surface area contributed by atoms with Gasteiger partial charge in [-0.1, -0.05) is 24.3 Å². The van der Waals surface area contributed by atoms with Crippen molar-refractivity contribution in [3.63, 3.8) is 0 Å². The number of hydrogen-bond donors (Lipinski definition) is 1. The lowest BCUT2D eigenvalue weighted by atomic mass is 10.2. The van der Waals surface area contributed by atoms with Gasteiger partial charge < -0.3 is 8.92 Å². The second-order valence-corrected chi connectivity index (χ2v) is 6.75.